The Balaban J connectivity index is 1.66. The molecular formula is C21H28FN5O2. The second kappa shape index (κ2) is 9.17. The smallest absolute Gasteiger partial charge is 0.259 e. The van der Waals surface area contributed by atoms with Crippen molar-refractivity contribution < 1.29 is 14.0 Å². The first-order valence-corrected chi connectivity index (χ1v) is 10.1. The largest absolute Gasteiger partial charge is 0.325 e. The Kier molecular flexibility index (Phi) is 6.64. The Hall–Kier alpha value is -2.74. The number of anilines is 2. The number of piperidine rings is 1. The third-order valence-corrected chi connectivity index (χ3v) is 5.43. The fourth-order valence-corrected chi connectivity index (χ4v) is 3.65. The van der Waals surface area contributed by atoms with Crippen LogP contribution in [-0.4, -0.2) is 45.6 Å². The summed E-state index contributed by atoms with van der Waals surface area (Å²) in [4.78, 5) is 27.1. The molecule has 2 aromatic rings. The lowest BCUT2D eigenvalue weighted by molar-refractivity contribution is -0.118. The van der Waals surface area contributed by atoms with E-state index in [4.69, 9.17) is 0 Å². The van der Waals surface area contributed by atoms with Gasteiger partial charge in [0.2, 0.25) is 5.91 Å². The SMILES string of the molecule is CCn1ncc(C(=O)Nc2cc(NC(=O)CN3CCCCC3C)ccc2F)c1C. The molecule has 1 saturated heterocycles. The summed E-state index contributed by atoms with van der Waals surface area (Å²) in [6.07, 6.45) is 4.85. The van der Waals surface area contributed by atoms with Crippen molar-refractivity contribution in [2.45, 2.75) is 52.6 Å². The first-order chi connectivity index (χ1) is 13.9. The molecule has 1 aromatic heterocycles. The average molecular weight is 401 g/mol. The molecule has 1 aromatic carbocycles. The van der Waals surface area contributed by atoms with Gasteiger partial charge in [-0.25, -0.2) is 4.39 Å². The number of carbonyl (C=O) groups is 2. The number of likely N-dealkylation sites (tertiary alicyclic amines) is 1. The highest BCUT2D eigenvalue weighted by Gasteiger charge is 2.21. The van der Waals surface area contributed by atoms with E-state index in [1.807, 2.05) is 6.92 Å². The number of halogens is 1. The van der Waals surface area contributed by atoms with Crippen molar-refractivity contribution in [1.29, 1.82) is 0 Å². The summed E-state index contributed by atoms with van der Waals surface area (Å²) in [5.41, 5.74) is 1.56. The maximum atomic E-state index is 14.2. The van der Waals surface area contributed by atoms with Crippen LogP contribution in [0.15, 0.2) is 24.4 Å². The van der Waals surface area contributed by atoms with Crippen LogP contribution >= 0.6 is 0 Å². The highest BCUT2D eigenvalue weighted by atomic mass is 19.1. The molecule has 0 spiro atoms. The van der Waals surface area contributed by atoms with Crippen LogP contribution in [0.2, 0.25) is 0 Å². The van der Waals surface area contributed by atoms with Crippen molar-refractivity contribution in [1.82, 2.24) is 14.7 Å². The molecule has 8 heteroatoms. The Morgan fingerprint density at radius 2 is 2.07 bits per heavy atom. The van der Waals surface area contributed by atoms with Crippen molar-refractivity contribution >= 4 is 23.2 Å². The number of aryl methyl sites for hydroxylation is 1. The Labute approximate surface area is 170 Å². The second-order valence-corrected chi connectivity index (χ2v) is 7.47. The van der Waals surface area contributed by atoms with Gasteiger partial charge in [-0.3, -0.25) is 19.2 Å². The molecule has 1 fully saturated rings. The third-order valence-electron chi connectivity index (χ3n) is 5.43. The quantitative estimate of drug-likeness (QED) is 0.777. The van der Waals surface area contributed by atoms with Crippen LogP contribution in [0.5, 0.6) is 0 Å². The van der Waals surface area contributed by atoms with Gasteiger partial charge in [0, 0.05) is 24.0 Å². The number of nitrogens with one attached hydrogen (secondary N) is 2. The lowest BCUT2D eigenvalue weighted by Gasteiger charge is -2.32. The lowest BCUT2D eigenvalue weighted by atomic mass is 10.0. The number of hydrogen-bond donors (Lipinski definition) is 2. The molecule has 2 N–H and O–H groups in total. The van der Waals surface area contributed by atoms with Gasteiger partial charge in [-0.15, -0.1) is 0 Å². The van der Waals surface area contributed by atoms with Crippen molar-refractivity contribution in [3.63, 3.8) is 0 Å². The summed E-state index contributed by atoms with van der Waals surface area (Å²) >= 11 is 0. The molecule has 3 rings (SSSR count). The first-order valence-electron chi connectivity index (χ1n) is 10.1. The zero-order valence-corrected chi connectivity index (χ0v) is 17.2. The Morgan fingerprint density at radius 1 is 1.28 bits per heavy atom. The van der Waals surface area contributed by atoms with Gasteiger partial charge >= 0.3 is 0 Å². The number of nitrogens with zero attached hydrogens (tertiary/aromatic N) is 3. The van der Waals surface area contributed by atoms with Gasteiger partial charge in [0.15, 0.2) is 0 Å². The zero-order chi connectivity index (χ0) is 21.0. The van der Waals surface area contributed by atoms with E-state index in [1.165, 1.54) is 30.8 Å². The number of aromatic nitrogens is 2. The van der Waals surface area contributed by atoms with Gasteiger partial charge in [0.25, 0.3) is 5.91 Å². The highest BCUT2D eigenvalue weighted by Crippen LogP contribution is 2.22. The third kappa shape index (κ3) is 5.00. The van der Waals surface area contributed by atoms with E-state index >= 15 is 0 Å². The number of carbonyl (C=O) groups excluding carboxylic acids is 2. The summed E-state index contributed by atoms with van der Waals surface area (Å²) in [6.45, 7) is 7.70. The summed E-state index contributed by atoms with van der Waals surface area (Å²) in [7, 11) is 0. The maximum Gasteiger partial charge on any atom is 0.259 e. The number of amides is 2. The number of benzene rings is 1. The van der Waals surface area contributed by atoms with E-state index in [1.54, 1.807) is 11.6 Å². The molecular weight excluding hydrogens is 373 g/mol. The van der Waals surface area contributed by atoms with Crippen LogP contribution in [0.3, 0.4) is 0 Å². The molecule has 2 amide bonds. The molecule has 156 valence electrons. The zero-order valence-electron chi connectivity index (χ0n) is 17.2. The lowest BCUT2D eigenvalue weighted by Crippen LogP contribution is -2.42. The molecule has 0 radical (unpaired) electrons. The maximum absolute atomic E-state index is 14.2. The molecule has 1 aliphatic rings. The van der Waals surface area contributed by atoms with Crippen LogP contribution in [-0.2, 0) is 11.3 Å². The van der Waals surface area contributed by atoms with Crippen molar-refractivity contribution in [2.24, 2.45) is 0 Å². The van der Waals surface area contributed by atoms with E-state index < -0.39 is 11.7 Å². The van der Waals surface area contributed by atoms with Gasteiger partial charge in [-0.1, -0.05) is 6.42 Å². The molecule has 1 unspecified atom stereocenters. The second-order valence-electron chi connectivity index (χ2n) is 7.47. The fraction of sp³-hybridized carbons (Fsp3) is 0.476. The molecule has 7 nitrogen and oxygen atoms in total. The van der Waals surface area contributed by atoms with Gasteiger partial charge in [-0.2, -0.15) is 5.10 Å². The average Bonchev–Trinajstić information content (AvgIpc) is 3.07. The first kappa shape index (κ1) is 21.0. The summed E-state index contributed by atoms with van der Waals surface area (Å²) < 4.78 is 15.9. The molecule has 0 saturated carbocycles. The molecule has 2 heterocycles. The topological polar surface area (TPSA) is 79.3 Å². The minimum Gasteiger partial charge on any atom is -0.325 e. The summed E-state index contributed by atoms with van der Waals surface area (Å²) in [5, 5.41) is 9.52. The number of hydrogen-bond acceptors (Lipinski definition) is 4. The van der Waals surface area contributed by atoms with Gasteiger partial charge < -0.3 is 10.6 Å². The van der Waals surface area contributed by atoms with Gasteiger partial charge in [0.1, 0.15) is 5.82 Å². The van der Waals surface area contributed by atoms with Crippen LogP contribution in [0, 0.1) is 12.7 Å². The van der Waals surface area contributed by atoms with Crippen LogP contribution in [0.4, 0.5) is 15.8 Å². The fourth-order valence-electron chi connectivity index (χ4n) is 3.65. The van der Waals surface area contributed by atoms with E-state index in [0.717, 1.165) is 19.4 Å². The molecule has 1 atom stereocenters. The van der Waals surface area contributed by atoms with Crippen LogP contribution < -0.4 is 10.6 Å². The van der Waals surface area contributed by atoms with E-state index in [0.29, 0.717) is 36.1 Å². The molecule has 0 aliphatic carbocycles. The number of rotatable bonds is 6. The van der Waals surface area contributed by atoms with Crippen molar-refractivity contribution in [3.8, 4) is 0 Å². The normalized spacial score (nSPS) is 17.2. The highest BCUT2D eigenvalue weighted by molar-refractivity contribution is 6.05. The minimum atomic E-state index is -0.568. The summed E-state index contributed by atoms with van der Waals surface area (Å²) in [5.74, 6) is -1.16. The Bertz CT molecular complexity index is 895. The Morgan fingerprint density at radius 3 is 2.76 bits per heavy atom. The molecule has 0 bridgehead atoms. The molecule has 1 aliphatic heterocycles. The predicted octanol–water partition coefficient (Wildman–Crippen LogP) is 3.42. The molecule has 29 heavy (non-hydrogen) atoms. The monoisotopic (exact) mass is 401 g/mol. The van der Waals surface area contributed by atoms with Crippen molar-refractivity contribution in [2.75, 3.05) is 23.7 Å². The standard InChI is InChI=1S/C21H28FN5O2/c1-4-27-15(3)17(12-23-27)21(29)25-19-11-16(8-9-18(19)22)24-20(28)13-26-10-6-5-7-14(26)2/h8-9,11-12,14H,4-7,10,13H2,1-3H3,(H,24,28)(H,25,29). The predicted molar refractivity (Wildman–Crippen MR) is 111 cm³/mol. The van der Waals surface area contributed by atoms with Crippen LogP contribution in [0.25, 0.3) is 0 Å². The van der Waals surface area contributed by atoms with Crippen LogP contribution in [0.1, 0.15) is 49.2 Å². The van der Waals surface area contributed by atoms with Gasteiger partial charge in [0.05, 0.1) is 24.0 Å². The minimum absolute atomic E-state index is 0.0165. The van der Waals surface area contributed by atoms with E-state index in [-0.39, 0.29) is 11.6 Å². The van der Waals surface area contributed by atoms with Crippen molar-refractivity contribution in [3.05, 3.63) is 41.5 Å². The van der Waals surface area contributed by atoms with E-state index in [9.17, 15) is 14.0 Å². The summed E-state index contributed by atoms with van der Waals surface area (Å²) in [6, 6.07) is 4.54. The van der Waals surface area contributed by atoms with E-state index in [2.05, 4.69) is 27.6 Å². The van der Waals surface area contributed by atoms with Gasteiger partial charge in [-0.05, 0) is 58.4 Å².